The lowest BCUT2D eigenvalue weighted by atomic mass is 9.72. The summed E-state index contributed by atoms with van der Waals surface area (Å²) in [5, 5.41) is 6.07. The standard InChI is InChI=1S/C30H26N2O2/c1-34-22-15-13-19(14-16-22)21-17-27-29(28(33)18-21)30(32-26-12-5-4-11-25(26)31-27)24-10-6-8-20-7-2-3-9-23(20)24/h2-16,21,29-30,32H,17-18H2,1H3. The van der Waals surface area contributed by atoms with Crippen molar-refractivity contribution in [3.8, 4) is 5.75 Å². The van der Waals surface area contributed by atoms with Gasteiger partial charge in [0.25, 0.3) is 0 Å². The minimum Gasteiger partial charge on any atom is -0.497 e. The molecule has 0 aromatic heterocycles. The number of rotatable bonds is 3. The van der Waals surface area contributed by atoms with Crippen LogP contribution in [0.25, 0.3) is 10.8 Å². The molecule has 0 radical (unpaired) electrons. The molecule has 1 fully saturated rings. The van der Waals surface area contributed by atoms with Crippen molar-refractivity contribution in [3.05, 3.63) is 102 Å². The molecule has 6 rings (SSSR count). The summed E-state index contributed by atoms with van der Waals surface area (Å²) in [4.78, 5) is 18.9. The van der Waals surface area contributed by atoms with Crippen molar-refractivity contribution in [1.82, 2.24) is 0 Å². The largest absolute Gasteiger partial charge is 0.497 e. The second-order valence-corrected chi connectivity index (χ2v) is 9.13. The molecule has 0 bridgehead atoms. The van der Waals surface area contributed by atoms with E-state index in [1.807, 2.05) is 30.3 Å². The fraction of sp³-hybridized carbons (Fsp3) is 0.200. The van der Waals surface area contributed by atoms with Crippen LogP contribution in [0.4, 0.5) is 11.4 Å². The summed E-state index contributed by atoms with van der Waals surface area (Å²) in [6.45, 7) is 0. The Labute approximate surface area is 199 Å². The smallest absolute Gasteiger partial charge is 0.144 e. The van der Waals surface area contributed by atoms with E-state index in [1.54, 1.807) is 7.11 Å². The Balaban J connectivity index is 1.46. The van der Waals surface area contributed by atoms with Crippen molar-refractivity contribution in [1.29, 1.82) is 0 Å². The summed E-state index contributed by atoms with van der Waals surface area (Å²) in [7, 11) is 1.67. The number of methoxy groups -OCH3 is 1. The van der Waals surface area contributed by atoms with E-state index < -0.39 is 0 Å². The molecule has 0 saturated heterocycles. The maximum atomic E-state index is 13.8. The summed E-state index contributed by atoms with van der Waals surface area (Å²) in [6, 6.07) is 30.8. The fourth-order valence-electron chi connectivity index (χ4n) is 5.49. The minimum atomic E-state index is -0.298. The van der Waals surface area contributed by atoms with Crippen molar-refractivity contribution in [2.45, 2.75) is 24.8 Å². The van der Waals surface area contributed by atoms with Gasteiger partial charge in [-0.15, -0.1) is 0 Å². The van der Waals surface area contributed by atoms with Crippen LogP contribution in [0.5, 0.6) is 5.75 Å². The normalized spacial score (nSPS) is 21.6. The average molecular weight is 447 g/mol. The van der Waals surface area contributed by atoms with Gasteiger partial charge in [-0.25, -0.2) is 0 Å². The Bertz CT molecular complexity index is 1400. The number of para-hydroxylation sites is 2. The van der Waals surface area contributed by atoms with Gasteiger partial charge in [-0.2, -0.15) is 0 Å². The zero-order chi connectivity index (χ0) is 23.1. The molecule has 1 aliphatic heterocycles. The van der Waals surface area contributed by atoms with Crippen LogP contribution >= 0.6 is 0 Å². The van der Waals surface area contributed by atoms with E-state index in [1.165, 1.54) is 10.8 Å². The van der Waals surface area contributed by atoms with E-state index in [4.69, 9.17) is 9.73 Å². The van der Waals surface area contributed by atoms with Gasteiger partial charge in [-0.05, 0) is 58.5 Å². The van der Waals surface area contributed by atoms with E-state index in [9.17, 15) is 4.79 Å². The lowest BCUT2D eigenvalue weighted by Gasteiger charge is -2.34. The second-order valence-electron chi connectivity index (χ2n) is 9.13. The van der Waals surface area contributed by atoms with Gasteiger partial charge in [0.05, 0.1) is 30.4 Å². The van der Waals surface area contributed by atoms with E-state index in [-0.39, 0.29) is 23.7 Å². The van der Waals surface area contributed by atoms with Crippen LogP contribution < -0.4 is 10.1 Å². The molecule has 1 aliphatic carbocycles. The van der Waals surface area contributed by atoms with Crippen LogP contribution in [-0.2, 0) is 4.79 Å². The van der Waals surface area contributed by atoms with Crippen molar-refractivity contribution in [2.24, 2.45) is 10.9 Å². The molecular weight excluding hydrogens is 420 g/mol. The van der Waals surface area contributed by atoms with Crippen molar-refractivity contribution < 1.29 is 9.53 Å². The highest BCUT2D eigenvalue weighted by Crippen LogP contribution is 2.45. The summed E-state index contributed by atoms with van der Waals surface area (Å²) < 4.78 is 5.32. The number of hydrogen-bond donors (Lipinski definition) is 1. The number of carbonyl (C=O) groups excluding carboxylic acids is 1. The number of Topliss-reactive ketones (excluding diaryl/α,β-unsaturated/α-hetero) is 1. The number of benzene rings is 4. The predicted molar refractivity (Wildman–Crippen MR) is 137 cm³/mol. The summed E-state index contributed by atoms with van der Waals surface area (Å²) >= 11 is 0. The third-order valence-electron chi connectivity index (χ3n) is 7.17. The van der Waals surface area contributed by atoms with Gasteiger partial charge in [0.2, 0.25) is 0 Å². The Morgan fingerprint density at radius 2 is 1.62 bits per heavy atom. The Morgan fingerprint density at radius 3 is 2.47 bits per heavy atom. The van der Waals surface area contributed by atoms with Crippen LogP contribution in [0, 0.1) is 5.92 Å². The van der Waals surface area contributed by atoms with Crippen molar-refractivity contribution in [3.63, 3.8) is 0 Å². The maximum absolute atomic E-state index is 13.8. The molecule has 0 spiro atoms. The molecule has 2 aliphatic rings. The number of aliphatic imine (C=N–C) groups is 1. The van der Waals surface area contributed by atoms with Crippen molar-refractivity contribution >= 4 is 33.6 Å². The highest BCUT2D eigenvalue weighted by molar-refractivity contribution is 6.11. The molecular formula is C30H26N2O2. The first-order chi connectivity index (χ1) is 16.7. The van der Waals surface area contributed by atoms with Gasteiger partial charge in [-0.1, -0.05) is 66.7 Å². The Kier molecular flexibility index (Phi) is 5.14. The van der Waals surface area contributed by atoms with Crippen LogP contribution in [0.15, 0.2) is 96.0 Å². The lowest BCUT2D eigenvalue weighted by molar-refractivity contribution is -0.122. The Hall–Kier alpha value is -3.92. The van der Waals surface area contributed by atoms with Crippen LogP contribution in [0.3, 0.4) is 0 Å². The highest BCUT2D eigenvalue weighted by Gasteiger charge is 2.42. The SMILES string of the molecule is COc1ccc(C2CC(=O)C3C(=Nc4ccccc4NC3c3cccc4ccccc34)C2)cc1. The van der Waals surface area contributed by atoms with E-state index in [2.05, 4.69) is 66.0 Å². The van der Waals surface area contributed by atoms with Gasteiger partial charge >= 0.3 is 0 Å². The number of hydrogen-bond acceptors (Lipinski definition) is 4. The average Bonchev–Trinajstić information content (AvgIpc) is 3.05. The quantitative estimate of drug-likeness (QED) is 0.374. The van der Waals surface area contributed by atoms with Crippen molar-refractivity contribution in [2.75, 3.05) is 12.4 Å². The highest BCUT2D eigenvalue weighted by atomic mass is 16.5. The number of anilines is 1. The second kappa shape index (κ2) is 8.45. The molecule has 1 N–H and O–H groups in total. The molecule has 1 heterocycles. The molecule has 3 unspecified atom stereocenters. The molecule has 4 aromatic carbocycles. The molecule has 4 aromatic rings. The van der Waals surface area contributed by atoms with E-state index in [0.717, 1.165) is 40.4 Å². The maximum Gasteiger partial charge on any atom is 0.144 e. The third-order valence-corrected chi connectivity index (χ3v) is 7.17. The number of ketones is 1. The summed E-state index contributed by atoms with van der Waals surface area (Å²) in [5.74, 6) is 0.883. The summed E-state index contributed by atoms with van der Waals surface area (Å²) in [6.07, 6.45) is 1.27. The number of nitrogens with zero attached hydrogens (tertiary/aromatic N) is 1. The summed E-state index contributed by atoms with van der Waals surface area (Å²) in [5.41, 5.74) is 5.13. The van der Waals surface area contributed by atoms with Gasteiger partial charge in [-0.3, -0.25) is 9.79 Å². The number of fused-ring (bicyclic) bond motifs is 3. The van der Waals surface area contributed by atoms with Gasteiger partial charge in [0.15, 0.2) is 0 Å². The topological polar surface area (TPSA) is 50.7 Å². The van der Waals surface area contributed by atoms with Crippen LogP contribution in [-0.4, -0.2) is 18.6 Å². The molecule has 4 heteroatoms. The zero-order valence-corrected chi connectivity index (χ0v) is 19.1. The molecule has 0 amide bonds. The van der Waals surface area contributed by atoms with E-state index in [0.29, 0.717) is 6.42 Å². The third kappa shape index (κ3) is 3.56. The van der Waals surface area contributed by atoms with Gasteiger partial charge in [0.1, 0.15) is 11.5 Å². The lowest BCUT2D eigenvalue weighted by Crippen LogP contribution is -2.38. The zero-order valence-electron chi connectivity index (χ0n) is 19.1. The predicted octanol–water partition coefficient (Wildman–Crippen LogP) is 6.85. The fourth-order valence-corrected chi connectivity index (χ4v) is 5.49. The molecule has 168 valence electrons. The van der Waals surface area contributed by atoms with E-state index >= 15 is 0 Å². The van der Waals surface area contributed by atoms with Gasteiger partial charge < -0.3 is 10.1 Å². The molecule has 1 saturated carbocycles. The first-order valence-corrected chi connectivity index (χ1v) is 11.8. The minimum absolute atomic E-state index is 0.117. The number of nitrogens with one attached hydrogen (secondary N) is 1. The molecule has 3 atom stereocenters. The monoisotopic (exact) mass is 446 g/mol. The van der Waals surface area contributed by atoms with Crippen LogP contribution in [0.2, 0.25) is 0 Å². The number of carbonyl (C=O) groups is 1. The molecule has 34 heavy (non-hydrogen) atoms. The van der Waals surface area contributed by atoms with Crippen LogP contribution in [0.1, 0.15) is 35.9 Å². The molecule has 4 nitrogen and oxygen atoms in total. The Morgan fingerprint density at radius 1 is 0.853 bits per heavy atom. The number of ether oxygens (including phenoxy) is 1. The first-order valence-electron chi connectivity index (χ1n) is 11.8. The van der Waals surface area contributed by atoms with Gasteiger partial charge in [0, 0.05) is 12.1 Å². The first kappa shape index (κ1) is 20.7.